The summed E-state index contributed by atoms with van der Waals surface area (Å²) >= 11 is 3.23. The average Bonchev–Trinajstić information content (AvgIpc) is 2.48. The lowest BCUT2D eigenvalue weighted by atomic mass is 10.4. The van der Waals surface area contributed by atoms with Crippen molar-refractivity contribution >= 4 is 27.5 Å². The van der Waals surface area contributed by atoms with E-state index in [1.807, 2.05) is 0 Å². The van der Waals surface area contributed by atoms with Gasteiger partial charge in [-0.2, -0.15) is 0 Å². The molecular weight excluding hydrogens is 238 g/mol. The molecule has 2 aromatic heterocycles. The number of hydrogen-bond acceptors (Lipinski definition) is 3. The lowest BCUT2D eigenvalue weighted by molar-refractivity contribution is 0.0692. The summed E-state index contributed by atoms with van der Waals surface area (Å²) in [4.78, 5) is 18.3. The molecule has 2 heterocycles. The molecule has 1 N–H and O–H groups in total. The molecule has 0 saturated heterocycles. The summed E-state index contributed by atoms with van der Waals surface area (Å²) in [5.41, 5.74) is 0.287. The standard InChI is InChI=1S/C7H4BrN3O2/c8-4-3-10-6-5(7(12)13)9-1-2-11(4)6/h1-3H,(H,12,13). The second kappa shape index (κ2) is 2.81. The predicted octanol–water partition coefficient (Wildman–Crippen LogP) is 1.19. The van der Waals surface area contributed by atoms with Crippen molar-refractivity contribution in [3.8, 4) is 0 Å². The summed E-state index contributed by atoms with van der Waals surface area (Å²) in [7, 11) is 0. The van der Waals surface area contributed by atoms with Gasteiger partial charge in [-0.1, -0.05) is 0 Å². The Morgan fingerprint density at radius 2 is 2.31 bits per heavy atom. The number of nitrogens with zero attached hydrogens (tertiary/aromatic N) is 3. The maximum Gasteiger partial charge on any atom is 0.358 e. The molecule has 13 heavy (non-hydrogen) atoms. The summed E-state index contributed by atoms with van der Waals surface area (Å²) < 4.78 is 2.31. The highest BCUT2D eigenvalue weighted by atomic mass is 79.9. The molecular formula is C7H4BrN3O2. The first kappa shape index (κ1) is 8.18. The fourth-order valence-electron chi connectivity index (χ4n) is 1.04. The summed E-state index contributed by atoms with van der Waals surface area (Å²) in [5.74, 6) is -1.08. The topological polar surface area (TPSA) is 67.5 Å². The molecule has 0 unspecified atom stereocenters. The van der Waals surface area contributed by atoms with E-state index in [4.69, 9.17) is 5.11 Å². The SMILES string of the molecule is O=C(O)c1nccn2c(Br)cnc12. The number of carboxylic acids is 1. The van der Waals surface area contributed by atoms with Gasteiger partial charge in [0.1, 0.15) is 4.60 Å². The fraction of sp³-hybridized carbons (Fsp3) is 0. The van der Waals surface area contributed by atoms with Gasteiger partial charge in [0.15, 0.2) is 11.3 Å². The molecule has 0 bridgehead atoms. The van der Waals surface area contributed by atoms with Crippen molar-refractivity contribution in [2.24, 2.45) is 0 Å². The van der Waals surface area contributed by atoms with E-state index >= 15 is 0 Å². The van der Waals surface area contributed by atoms with E-state index in [9.17, 15) is 4.79 Å². The first-order valence-electron chi connectivity index (χ1n) is 3.41. The van der Waals surface area contributed by atoms with Gasteiger partial charge in [-0.05, 0) is 15.9 Å². The first-order valence-corrected chi connectivity index (χ1v) is 4.20. The van der Waals surface area contributed by atoms with Gasteiger partial charge in [-0.15, -0.1) is 0 Å². The van der Waals surface area contributed by atoms with E-state index in [-0.39, 0.29) is 5.69 Å². The van der Waals surface area contributed by atoms with Crippen molar-refractivity contribution in [3.05, 3.63) is 28.9 Å². The molecule has 0 atom stereocenters. The van der Waals surface area contributed by atoms with Crippen LogP contribution in [0.5, 0.6) is 0 Å². The van der Waals surface area contributed by atoms with E-state index < -0.39 is 5.97 Å². The van der Waals surface area contributed by atoms with Gasteiger partial charge in [0, 0.05) is 12.4 Å². The number of fused-ring (bicyclic) bond motifs is 1. The Hall–Kier alpha value is -1.43. The average molecular weight is 242 g/mol. The van der Waals surface area contributed by atoms with Crippen LogP contribution in [0.3, 0.4) is 0 Å². The van der Waals surface area contributed by atoms with Crippen LogP contribution < -0.4 is 0 Å². The van der Waals surface area contributed by atoms with Crippen LogP contribution in [0.25, 0.3) is 5.65 Å². The second-order valence-electron chi connectivity index (χ2n) is 2.36. The van der Waals surface area contributed by atoms with Crippen LogP contribution in [0.2, 0.25) is 0 Å². The van der Waals surface area contributed by atoms with Crippen molar-refractivity contribution in [1.82, 2.24) is 14.4 Å². The van der Waals surface area contributed by atoms with Crippen molar-refractivity contribution < 1.29 is 9.90 Å². The first-order chi connectivity index (χ1) is 6.20. The van der Waals surface area contributed by atoms with E-state index in [2.05, 4.69) is 25.9 Å². The van der Waals surface area contributed by atoms with Gasteiger partial charge in [0.2, 0.25) is 0 Å². The molecule has 0 saturated carbocycles. The van der Waals surface area contributed by atoms with Crippen LogP contribution in [0.15, 0.2) is 23.2 Å². The maximum atomic E-state index is 10.7. The van der Waals surface area contributed by atoms with Crippen molar-refractivity contribution in [1.29, 1.82) is 0 Å². The molecule has 6 heteroatoms. The Labute approximate surface area is 81.2 Å². The molecule has 5 nitrogen and oxygen atoms in total. The van der Waals surface area contributed by atoms with Crippen LogP contribution >= 0.6 is 15.9 Å². The minimum Gasteiger partial charge on any atom is -0.476 e. The number of carboxylic acid groups (broad SMARTS) is 1. The number of aromatic carboxylic acids is 1. The number of carbonyl (C=O) groups is 1. The Morgan fingerprint density at radius 3 is 3.00 bits per heavy atom. The molecule has 0 fully saturated rings. The Bertz CT molecular complexity index is 480. The number of aromatic nitrogens is 3. The highest BCUT2D eigenvalue weighted by Gasteiger charge is 2.12. The molecule has 2 aromatic rings. The van der Waals surface area contributed by atoms with Crippen LogP contribution in [-0.2, 0) is 0 Å². The smallest absolute Gasteiger partial charge is 0.358 e. The third-order valence-corrected chi connectivity index (χ3v) is 2.17. The van der Waals surface area contributed by atoms with Gasteiger partial charge >= 0.3 is 5.97 Å². The monoisotopic (exact) mass is 241 g/mol. The number of imidazole rings is 1. The van der Waals surface area contributed by atoms with Crippen LogP contribution in [0.4, 0.5) is 0 Å². The van der Waals surface area contributed by atoms with Crippen LogP contribution in [0.1, 0.15) is 10.5 Å². The van der Waals surface area contributed by atoms with Gasteiger partial charge in [0.25, 0.3) is 0 Å². The third-order valence-electron chi connectivity index (χ3n) is 1.59. The zero-order chi connectivity index (χ0) is 9.42. The third kappa shape index (κ3) is 1.19. The van der Waals surface area contributed by atoms with Crippen molar-refractivity contribution in [3.63, 3.8) is 0 Å². The van der Waals surface area contributed by atoms with Gasteiger partial charge in [-0.25, -0.2) is 14.8 Å². The zero-order valence-electron chi connectivity index (χ0n) is 6.31. The van der Waals surface area contributed by atoms with E-state index in [1.54, 1.807) is 10.6 Å². The van der Waals surface area contributed by atoms with Crippen LogP contribution in [-0.4, -0.2) is 25.4 Å². The predicted molar refractivity (Wildman–Crippen MR) is 47.6 cm³/mol. The highest BCUT2D eigenvalue weighted by molar-refractivity contribution is 9.10. The minimum atomic E-state index is -1.08. The lowest BCUT2D eigenvalue weighted by Gasteiger charge is -1.96. The molecule has 0 aromatic carbocycles. The molecule has 0 aliphatic heterocycles. The number of halogens is 1. The normalized spacial score (nSPS) is 10.5. The van der Waals surface area contributed by atoms with E-state index in [1.165, 1.54) is 12.4 Å². The molecule has 66 valence electrons. The zero-order valence-corrected chi connectivity index (χ0v) is 7.89. The van der Waals surface area contributed by atoms with Crippen molar-refractivity contribution in [2.45, 2.75) is 0 Å². The summed E-state index contributed by atoms with van der Waals surface area (Å²) in [6.07, 6.45) is 4.59. The van der Waals surface area contributed by atoms with Gasteiger partial charge < -0.3 is 5.11 Å². The molecule has 0 aliphatic rings. The van der Waals surface area contributed by atoms with Gasteiger partial charge in [-0.3, -0.25) is 4.40 Å². The Kier molecular flexibility index (Phi) is 1.77. The van der Waals surface area contributed by atoms with Gasteiger partial charge in [0.05, 0.1) is 6.20 Å². The van der Waals surface area contributed by atoms with E-state index in [0.717, 1.165) is 0 Å². The molecule has 0 radical (unpaired) electrons. The number of hydrogen-bond donors (Lipinski definition) is 1. The minimum absolute atomic E-state index is 0.0480. The molecule has 0 amide bonds. The molecule has 0 aliphatic carbocycles. The Balaban J connectivity index is 2.84. The van der Waals surface area contributed by atoms with Crippen molar-refractivity contribution in [2.75, 3.05) is 0 Å². The highest BCUT2D eigenvalue weighted by Crippen LogP contribution is 2.14. The largest absolute Gasteiger partial charge is 0.476 e. The Morgan fingerprint density at radius 1 is 1.54 bits per heavy atom. The fourth-order valence-corrected chi connectivity index (χ4v) is 1.43. The summed E-state index contributed by atoms with van der Waals surface area (Å²) in [6.45, 7) is 0. The second-order valence-corrected chi connectivity index (χ2v) is 3.17. The van der Waals surface area contributed by atoms with E-state index in [0.29, 0.717) is 10.3 Å². The molecule has 0 spiro atoms. The quantitative estimate of drug-likeness (QED) is 0.815. The summed E-state index contributed by atoms with van der Waals surface area (Å²) in [6, 6.07) is 0. The number of rotatable bonds is 1. The maximum absolute atomic E-state index is 10.7. The lowest BCUT2D eigenvalue weighted by Crippen LogP contribution is -2.03. The van der Waals surface area contributed by atoms with Crippen LogP contribution in [0, 0.1) is 0 Å². The molecule has 2 rings (SSSR count). The summed E-state index contributed by atoms with van der Waals surface area (Å²) in [5, 5.41) is 8.76.